The lowest BCUT2D eigenvalue weighted by Gasteiger charge is -2.13. The number of aryl methyl sites for hydroxylation is 1. The molecule has 0 spiro atoms. The molecule has 0 atom stereocenters. The summed E-state index contributed by atoms with van der Waals surface area (Å²) in [4.78, 5) is 22.1. The lowest BCUT2D eigenvalue weighted by atomic mass is 10.1. The van der Waals surface area contributed by atoms with E-state index in [1.165, 1.54) is 17.7 Å². The molecule has 10 heteroatoms. The molecule has 0 bridgehead atoms. The van der Waals surface area contributed by atoms with E-state index in [1.54, 1.807) is 6.92 Å². The molecule has 0 aliphatic rings. The highest BCUT2D eigenvalue weighted by molar-refractivity contribution is 6.02. The zero-order chi connectivity index (χ0) is 17.4. The molecule has 0 saturated carbocycles. The van der Waals surface area contributed by atoms with E-state index < -0.39 is 35.1 Å². The Morgan fingerprint density at radius 1 is 1.30 bits per heavy atom. The molecule has 0 fully saturated rings. The number of aromatic carboxylic acids is 1. The normalized spacial score (nSPS) is 11.3. The van der Waals surface area contributed by atoms with Gasteiger partial charge in [-0.25, -0.2) is 13.9 Å². The van der Waals surface area contributed by atoms with Crippen LogP contribution in [0.15, 0.2) is 24.5 Å². The number of halogens is 4. The first kappa shape index (κ1) is 16.5. The van der Waals surface area contributed by atoms with Crippen LogP contribution in [-0.4, -0.2) is 32.9 Å². The van der Waals surface area contributed by atoms with E-state index in [-0.39, 0.29) is 5.69 Å². The van der Waals surface area contributed by atoms with E-state index in [9.17, 15) is 27.2 Å². The van der Waals surface area contributed by atoms with Gasteiger partial charge in [0.05, 0.1) is 17.4 Å². The Labute approximate surface area is 126 Å². The van der Waals surface area contributed by atoms with Crippen LogP contribution in [0.25, 0.3) is 5.69 Å². The van der Waals surface area contributed by atoms with Gasteiger partial charge >= 0.3 is 18.1 Å². The quantitative estimate of drug-likeness (QED) is 0.847. The number of amides is 1. The van der Waals surface area contributed by atoms with Gasteiger partial charge in [0.1, 0.15) is 5.69 Å². The molecular formula is C13H9F4N3O3. The number of carbonyl (C=O) groups excluding carboxylic acids is 1. The number of nitrogens with one attached hydrogen (secondary N) is 1. The minimum Gasteiger partial charge on any atom is -0.478 e. The SMILES string of the molecule is Cc1cnn(-c2cc(C(=O)O)c(NC(=O)C(F)(F)F)cc2F)c1. The number of hydrogen-bond acceptors (Lipinski definition) is 3. The molecule has 2 N–H and O–H groups in total. The summed E-state index contributed by atoms with van der Waals surface area (Å²) in [6, 6.07) is 1.29. The van der Waals surface area contributed by atoms with Gasteiger partial charge in [0.15, 0.2) is 5.82 Å². The largest absolute Gasteiger partial charge is 0.478 e. The molecule has 1 aromatic heterocycles. The average Bonchev–Trinajstić information content (AvgIpc) is 2.83. The topological polar surface area (TPSA) is 84.2 Å². The van der Waals surface area contributed by atoms with Gasteiger partial charge in [0, 0.05) is 12.3 Å². The molecule has 0 radical (unpaired) electrons. The molecule has 0 aliphatic carbocycles. The van der Waals surface area contributed by atoms with Gasteiger partial charge in [-0.2, -0.15) is 18.3 Å². The molecule has 122 valence electrons. The highest BCUT2D eigenvalue weighted by Crippen LogP contribution is 2.26. The third-order valence-corrected chi connectivity index (χ3v) is 2.78. The molecular weight excluding hydrogens is 322 g/mol. The first-order chi connectivity index (χ1) is 10.6. The Morgan fingerprint density at radius 2 is 1.96 bits per heavy atom. The van der Waals surface area contributed by atoms with Crippen molar-refractivity contribution in [1.82, 2.24) is 9.78 Å². The smallest absolute Gasteiger partial charge is 0.471 e. The molecule has 1 heterocycles. The molecule has 1 amide bonds. The van der Waals surface area contributed by atoms with Crippen LogP contribution in [0, 0.1) is 12.7 Å². The van der Waals surface area contributed by atoms with Crippen LogP contribution in [-0.2, 0) is 4.79 Å². The van der Waals surface area contributed by atoms with Crippen LogP contribution < -0.4 is 5.32 Å². The summed E-state index contributed by atoms with van der Waals surface area (Å²) >= 11 is 0. The highest BCUT2D eigenvalue weighted by Gasteiger charge is 2.39. The number of rotatable bonds is 3. The van der Waals surface area contributed by atoms with Crippen molar-refractivity contribution in [1.29, 1.82) is 0 Å². The Kier molecular flexibility index (Phi) is 4.08. The van der Waals surface area contributed by atoms with E-state index in [2.05, 4.69) is 5.10 Å². The summed E-state index contributed by atoms with van der Waals surface area (Å²) in [5.74, 6) is -5.08. The second kappa shape index (κ2) is 5.71. The van der Waals surface area contributed by atoms with Crippen LogP contribution in [0.5, 0.6) is 0 Å². The Hall–Kier alpha value is -2.91. The van der Waals surface area contributed by atoms with Crippen molar-refractivity contribution in [2.75, 3.05) is 5.32 Å². The zero-order valence-corrected chi connectivity index (χ0v) is 11.5. The van der Waals surface area contributed by atoms with Crippen LogP contribution in [0.3, 0.4) is 0 Å². The molecule has 0 aliphatic heterocycles. The number of carboxylic acid groups (broad SMARTS) is 1. The Bertz CT molecular complexity index is 783. The molecule has 1 aromatic carbocycles. The predicted octanol–water partition coefficient (Wildman–Crippen LogP) is 2.52. The fraction of sp³-hybridized carbons (Fsp3) is 0.154. The summed E-state index contributed by atoms with van der Waals surface area (Å²) in [5, 5.41) is 14.2. The number of aromatic nitrogens is 2. The highest BCUT2D eigenvalue weighted by atomic mass is 19.4. The molecule has 6 nitrogen and oxygen atoms in total. The van der Waals surface area contributed by atoms with Crippen LogP contribution in [0.4, 0.5) is 23.2 Å². The van der Waals surface area contributed by atoms with Crippen LogP contribution in [0.2, 0.25) is 0 Å². The summed E-state index contributed by atoms with van der Waals surface area (Å²) in [7, 11) is 0. The van der Waals surface area contributed by atoms with E-state index in [0.717, 1.165) is 10.7 Å². The second-order valence-electron chi connectivity index (χ2n) is 4.57. The van der Waals surface area contributed by atoms with Crippen molar-refractivity contribution in [2.24, 2.45) is 0 Å². The maximum absolute atomic E-state index is 14.0. The summed E-state index contributed by atoms with van der Waals surface area (Å²) in [5.41, 5.74) is -1.12. The van der Waals surface area contributed by atoms with E-state index in [0.29, 0.717) is 11.6 Å². The standard InChI is InChI=1S/C13H9F4N3O3/c1-6-4-18-20(5-6)10-2-7(11(21)22)9(3-8(10)14)19-12(23)13(15,16)17/h2-5H,1H3,(H,19,23)(H,21,22). The van der Waals surface area contributed by atoms with Crippen molar-refractivity contribution < 1.29 is 32.3 Å². The minimum atomic E-state index is -5.23. The first-order valence-electron chi connectivity index (χ1n) is 6.06. The number of alkyl halides is 3. The van der Waals surface area contributed by atoms with Gasteiger partial charge in [-0.15, -0.1) is 0 Å². The molecule has 2 rings (SSSR count). The van der Waals surface area contributed by atoms with Crippen molar-refractivity contribution >= 4 is 17.6 Å². The van der Waals surface area contributed by atoms with Crippen LogP contribution in [0.1, 0.15) is 15.9 Å². The van der Waals surface area contributed by atoms with E-state index >= 15 is 0 Å². The number of carboxylic acids is 1. The summed E-state index contributed by atoms with van der Waals surface area (Å²) < 4.78 is 51.8. The second-order valence-corrected chi connectivity index (χ2v) is 4.57. The van der Waals surface area contributed by atoms with Gasteiger partial charge in [0.25, 0.3) is 0 Å². The maximum atomic E-state index is 14.0. The third kappa shape index (κ3) is 3.47. The van der Waals surface area contributed by atoms with Crippen molar-refractivity contribution in [2.45, 2.75) is 13.1 Å². The van der Waals surface area contributed by atoms with E-state index in [1.807, 2.05) is 0 Å². The Morgan fingerprint density at radius 3 is 2.43 bits per heavy atom. The fourth-order valence-corrected chi connectivity index (χ4v) is 1.76. The number of hydrogen-bond donors (Lipinski definition) is 2. The maximum Gasteiger partial charge on any atom is 0.471 e. The van der Waals surface area contributed by atoms with Crippen molar-refractivity contribution in [3.05, 3.63) is 41.5 Å². The summed E-state index contributed by atoms with van der Waals surface area (Å²) in [6.45, 7) is 1.66. The van der Waals surface area contributed by atoms with Crippen molar-refractivity contribution in [3.8, 4) is 5.69 Å². The number of carbonyl (C=O) groups is 2. The average molecular weight is 331 g/mol. The monoisotopic (exact) mass is 331 g/mol. The van der Waals surface area contributed by atoms with Gasteiger partial charge in [0.2, 0.25) is 0 Å². The number of anilines is 1. The molecule has 0 unspecified atom stereocenters. The summed E-state index contributed by atoms with van der Waals surface area (Å²) in [6.07, 6.45) is -2.44. The Balaban J connectivity index is 2.51. The first-order valence-corrected chi connectivity index (χ1v) is 6.06. The lowest BCUT2D eigenvalue weighted by Crippen LogP contribution is -2.30. The van der Waals surface area contributed by atoms with Gasteiger partial charge in [-0.3, -0.25) is 4.79 Å². The predicted molar refractivity (Wildman–Crippen MR) is 69.9 cm³/mol. The molecule has 23 heavy (non-hydrogen) atoms. The number of nitrogens with zero attached hydrogens (tertiary/aromatic N) is 2. The zero-order valence-electron chi connectivity index (χ0n) is 11.5. The van der Waals surface area contributed by atoms with Crippen molar-refractivity contribution in [3.63, 3.8) is 0 Å². The minimum absolute atomic E-state index is 0.277. The molecule has 0 saturated heterocycles. The van der Waals surface area contributed by atoms with Gasteiger partial charge in [-0.05, 0) is 18.6 Å². The van der Waals surface area contributed by atoms with Gasteiger partial charge < -0.3 is 10.4 Å². The van der Waals surface area contributed by atoms with E-state index in [4.69, 9.17) is 5.11 Å². The third-order valence-electron chi connectivity index (χ3n) is 2.78. The van der Waals surface area contributed by atoms with Gasteiger partial charge in [-0.1, -0.05) is 0 Å². The molecule has 2 aromatic rings. The fourth-order valence-electron chi connectivity index (χ4n) is 1.76. The number of benzene rings is 1. The van der Waals surface area contributed by atoms with Crippen LogP contribution >= 0.6 is 0 Å². The lowest BCUT2D eigenvalue weighted by molar-refractivity contribution is -0.167.